The quantitative estimate of drug-likeness (QED) is 0.785. The van der Waals surface area contributed by atoms with Crippen LogP contribution in [-0.2, 0) is 22.9 Å². The molecule has 0 radical (unpaired) electrons. The van der Waals surface area contributed by atoms with Crippen LogP contribution in [0.25, 0.3) is 0 Å². The smallest absolute Gasteiger partial charge is 0.399 e. The highest BCUT2D eigenvalue weighted by Crippen LogP contribution is 2.35. The lowest BCUT2D eigenvalue weighted by atomic mass is 9.74. The molecule has 0 aliphatic carbocycles. The van der Waals surface area contributed by atoms with E-state index in [9.17, 15) is 13.2 Å². The summed E-state index contributed by atoms with van der Waals surface area (Å²) >= 11 is 0. The van der Waals surface area contributed by atoms with E-state index in [-0.39, 0.29) is 17.7 Å². The minimum Gasteiger partial charge on any atom is -0.399 e. The molecule has 3 nitrogen and oxygen atoms in total. The highest BCUT2D eigenvalue weighted by molar-refractivity contribution is 5.45. The Morgan fingerprint density at radius 2 is 1.73 bits per heavy atom. The lowest BCUT2D eigenvalue weighted by Gasteiger charge is -2.38. The molecule has 3 rings (SSSR count). The van der Waals surface area contributed by atoms with Crippen LogP contribution in [-0.4, -0.2) is 19.7 Å². The Morgan fingerprint density at radius 3 is 2.38 bits per heavy atom. The molecule has 0 aromatic heterocycles. The van der Waals surface area contributed by atoms with E-state index in [4.69, 9.17) is 10.5 Å². The Morgan fingerprint density at radius 1 is 1.04 bits per heavy atom. The van der Waals surface area contributed by atoms with Gasteiger partial charge in [-0.25, -0.2) is 0 Å². The summed E-state index contributed by atoms with van der Waals surface area (Å²) in [6.07, 6.45) is -2.55. The van der Waals surface area contributed by atoms with Gasteiger partial charge in [-0.2, -0.15) is 13.2 Å². The molecule has 0 amide bonds. The third-order valence-corrected chi connectivity index (χ3v) is 4.94. The zero-order valence-electron chi connectivity index (χ0n) is 14.5. The molecule has 1 heterocycles. The van der Waals surface area contributed by atoms with Gasteiger partial charge >= 0.3 is 6.18 Å². The van der Waals surface area contributed by atoms with E-state index in [0.717, 1.165) is 38.1 Å². The lowest BCUT2D eigenvalue weighted by Crippen LogP contribution is -2.43. The van der Waals surface area contributed by atoms with Gasteiger partial charge in [-0.05, 0) is 55.3 Å². The Kier molecular flexibility index (Phi) is 5.53. The van der Waals surface area contributed by atoms with Crippen LogP contribution in [0, 0.1) is 0 Å². The van der Waals surface area contributed by atoms with Gasteiger partial charge in [0.1, 0.15) is 0 Å². The van der Waals surface area contributed by atoms with Crippen molar-refractivity contribution < 1.29 is 17.9 Å². The van der Waals surface area contributed by atoms with Crippen molar-refractivity contribution in [1.82, 2.24) is 5.32 Å². The van der Waals surface area contributed by atoms with Crippen molar-refractivity contribution in [3.63, 3.8) is 0 Å². The Balaban J connectivity index is 1.72. The number of anilines is 1. The van der Waals surface area contributed by atoms with E-state index < -0.39 is 11.7 Å². The molecule has 3 N–H and O–H groups in total. The summed E-state index contributed by atoms with van der Waals surface area (Å²) in [4.78, 5) is 0. The van der Waals surface area contributed by atoms with Crippen molar-refractivity contribution >= 4 is 5.69 Å². The maximum atomic E-state index is 12.9. The van der Waals surface area contributed by atoms with Gasteiger partial charge in [0.2, 0.25) is 0 Å². The number of nitrogens with one attached hydrogen (secondary N) is 1. The summed E-state index contributed by atoms with van der Waals surface area (Å²) < 4.78 is 44.7. The van der Waals surface area contributed by atoms with Gasteiger partial charge in [0.05, 0.1) is 18.8 Å². The van der Waals surface area contributed by atoms with E-state index >= 15 is 0 Å². The number of ether oxygens (including phenoxy) is 1. The van der Waals surface area contributed by atoms with Crippen LogP contribution in [0.4, 0.5) is 18.9 Å². The van der Waals surface area contributed by atoms with Crippen LogP contribution in [0.2, 0.25) is 0 Å². The summed E-state index contributed by atoms with van der Waals surface area (Å²) in [6.45, 7) is 2.37. The normalized spacial score (nSPS) is 17.2. The lowest BCUT2D eigenvalue weighted by molar-refractivity contribution is -0.137. The number of piperidine rings is 1. The van der Waals surface area contributed by atoms with Crippen molar-refractivity contribution in [3.8, 4) is 0 Å². The second-order valence-electron chi connectivity index (χ2n) is 6.85. The molecule has 2 aromatic rings. The molecule has 0 spiro atoms. The van der Waals surface area contributed by atoms with Gasteiger partial charge in [-0.1, -0.05) is 30.3 Å². The predicted octanol–water partition coefficient (Wildman–Crippen LogP) is 4.13. The monoisotopic (exact) mass is 364 g/mol. The number of rotatable bonds is 5. The highest BCUT2D eigenvalue weighted by Gasteiger charge is 2.34. The summed E-state index contributed by atoms with van der Waals surface area (Å²) in [6, 6.07) is 13.8. The average Bonchev–Trinajstić information content (AvgIpc) is 2.62. The van der Waals surface area contributed by atoms with E-state index in [1.165, 1.54) is 11.6 Å². The number of hydrogen-bond acceptors (Lipinski definition) is 3. The van der Waals surface area contributed by atoms with Gasteiger partial charge in [0.25, 0.3) is 0 Å². The first-order chi connectivity index (χ1) is 12.4. The summed E-state index contributed by atoms with van der Waals surface area (Å²) in [5, 5.41) is 3.35. The van der Waals surface area contributed by atoms with E-state index in [2.05, 4.69) is 17.4 Å². The molecule has 0 atom stereocenters. The molecule has 2 aromatic carbocycles. The molecule has 0 unspecified atom stereocenters. The van der Waals surface area contributed by atoms with E-state index in [0.29, 0.717) is 12.2 Å². The first kappa shape index (κ1) is 18.7. The molecule has 26 heavy (non-hydrogen) atoms. The maximum Gasteiger partial charge on any atom is 0.416 e. The number of hydrogen-bond donors (Lipinski definition) is 2. The van der Waals surface area contributed by atoms with Crippen LogP contribution in [0.15, 0.2) is 48.5 Å². The van der Waals surface area contributed by atoms with Crippen LogP contribution in [0.3, 0.4) is 0 Å². The molecule has 0 bridgehead atoms. The molecule has 140 valence electrons. The van der Waals surface area contributed by atoms with E-state index in [1.807, 2.05) is 18.2 Å². The molecular formula is C20H23F3N2O. The molecule has 0 saturated carbocycles. The van der Waals surface area contributed by atoms with Crippen molar-refractivity contribution in [3.05, 3.63) is 65.2 Å². The zero-order chi connectivity index (χ0) is 18.6. The minimum absolute atomic E-state index is 0.0954. The van der Waals surface area contributed by atoms with Crippen LogP contribution in [0.1, 0.15) is 29.5 Å². The van der Waals surface area contributed by atoms with Crippen molar-refractivity contribution in [2.75, 3.05) is 25.4 Å². The second-order valence-corrected chi connectivity index (χ2v) is 6.85. The molecule has 6 heteroatoms. The first-order valence-electron chi connectivity index (χ1n) is 8.70. The van der Waals surface area contributed by atoms with Crippen molar-refractivity contribution in [1.29, 1.82) is 0 Å². The fraction of sp³-hybridized carbons (Fsp3) is 0.400. The minimum atomic E-state index is -4.41. The number of nitrogens with two attached hydrogens (primary N) is 1. The molecule has 1 aliphatic heterocycles. The van der Waals surface area contributed by atoms with Gasteiger partial charge in [0.15, 0.2) is 0 Å². The van der Waals surface area contributed by atoms with Gasteiger partial charge < -0.3 is 15.8 Å². The second kappa shape index (κ2) is 7.68. The summed E-state index contributed by atoms with van der Waals surface area (Å²) in [5.41, 5.74) is 6.52. The topological polar surface area (TPSA) is 47.3 Å². The Hall–Kier alpha value is -2.05. The van der Waals surface area contributed by atoms with Gasteiger partial charge in [-0.15, -0.1) is 0 Å². The predicted molar refractivity (Wildman–Crippen MR) is 95.7 cm³/mol. The fourth-order valence-electron chi connectivity index (χ4n) is 3.54. The summed E-state index contributed by atoms with van der Waals surface area (Å²) in [5.74, 6) is 0. The Bertz CT molecular complexity index is 726. The van der Waals surface area contributed by atoms with Gasteiger partial charge in [-0.3, -0.25) is 0 Å². The largest absolute Gasteiger partial charge is 0.416 e. The zero-order valence-corrected chi connectivity index (χ0v) is 14.5. The number of nitrogen functional groups attached to an aromatic ring is 1. The molecular weight excluding hydrogens is 341 g/mol. The maximum absolute atomic E-state index is 12.9. The van der Waals surface area contributed by atoms with Crippen LogP contribution < -0.4 is 11.1 Å². The standard InChI is InChI=1S/C20H23F3N2O/c21-20(22,23)17-10-15(11-18(24)12-17)13-26-14-19(6-8-25-9-7-19)16-4-2-1-3-5-16/h1-5,10-12,25H,6-9,13-14,24H2. The van der Waals surface area contributed by atoms with Crippen molar-refractivity contribution in [2.45, 2.75) is 31.0 Å². The number of benzene rings is 2. The van der Waals surface area contributed by atoms with Crippen molar-refractivity contribution in [2.24, 2.45) is 0 Å². The Labute approximate surface area is 151 Å². The summed E-state index contributed by atoms with van der Waals surface area (Å²) in [7, 11) is 0. The molecule has 1 aliphatic rings. The number of alkyl halides is 3. The third-order valence-electron chi connectivity index (χ3n) is 4.94. The van der Waals surface area contributed by atoms with Gasteiger partial charge in [0, 0.05) is 11.1 Å². The van der Waals surface area contributed by atoms with Crippen LogP contribution in [0.5, 0.6) is 0 Å². The average molecular weight is 364 g/mol. The number of halogens is 3. The molecule has 1 saturated heterocycles. The SMILES string of the molecule is Nc1cc(COCC2(c3ccccc3)CCNCC2)cc(C(F)(F)F)c1. The van der Waals surface area contributed by atoms with E-state index in [1.54, 1.807) is 0 Å². The molecule has 1 fully saturated rings. The van der Waals surface area contributed by atoms with Crippen LogP contribution >= 0.6 is 0 Å². The first-order valence-corrected chi connectivity index (χ1v) is 8.70. The third kappa shape index (κ3) is 4.37. The highest BCUT2D eigenvalue weighted by atomic mass is 19.4. The fourth-order valence-corrected chi connectivity index (χ4v) is 3.54.